The fourth-order valence-electron chi connectivity index (χ4n) is 3.06. The second-order valence-corrected chi connectivity index (χ2v) is 5.27. The smallest absolute Gasteiger partial charge is 0.203 e. The molecule has 112 valence electrons. The highest BCUT2D eigenvalue weighted by atomic mass is 16.5. The van der Waals surface area contributed by atoms with Gasteiger partial charge >= 0.3 is 0 Å². The summed E-state index contributed by atoms with van der Waals surface area (Å²) in [6, 6.07) is 3.70. The molecule has 0 spiro atoms. The van der Waals surface area contributed by atoms with E-state index < -0.39 is 6.10 Å². The van der Waals surface area contributed by atoms with Crippen LogP contribution >= 0.6 is 0 Å². The molecule has 0 radical (unpaired) electrons. The fraction of sp³-hybridized carbons (Fsp3) is 0.625. The van der Waals surface area contributed by atoms with E-state index in [4.69, 9.17) is 14.2 Å². The van der Waals surface area contributed by atoms with Crippen LogP contribution in [0.15, 0.2) is 12.1 Å². The number of methoxy groups -OCH3 is 3. The van der Waals surface area contributed by atoms with Crippen molar-refractivity contribution in [1.82, 2.24) is 0 Å². The van der Waals surface area contributed by atoms with Crippen LogP contribution in [-0.2, 0) is 0 Å². The van der Waals surface area contributed by atoms with E-state index in [-0.39, 0.29) is 0 Å². The van der Waals surface area contributed by atoms with E-state index in [1.54, 1.807) is 21.3 Å². The monoisotopic (exact) mass is 280 g/mol. The maximum absolute atomic E-state index is 10.7. The summed E-state index contributed by atoms with van der Waals surface area (Å²) < 4.78 is 16.1. The van der Waals surface area contributed by atoms with Gasteiger partial charge in [-0.15, -0.1) is 0 Å². The molecular weight excluding hydrogens is 256 g/mol. The Balaban J connectivity index is 2.34. The number of aliphatic hydroxyl groups excluding tert-OH is 1. The first-order valence-electron chi connectivity index (χ1n) is 7.19. The lowest BCUT2D eigenvalue weighted by atomic mass is 9.82. The van der Waals surface area contributed by atoms with E-state index >= 15 is 0 Å². The predicted molar refractivity (Wildman–Crippen MR) is 77.6 cm³/mol. The summed E-state index contributed by atoms with van der Waals surface area (Å²) in [5, 5.41) is 10.7. The van der Waals surface area contributed by atoms with Crippen LogP contribution in [0.3, 0.4) is 0 Å². The molecule has 1 fully saturated rings. The normalized spacial score (nSPS) is 17.6. The van der Waals surface area contributed by atoms with Crippen molar-refractivity contribution in [3.05, 3.63) is 17.7 Å². The van der Waals surface area contributed by atoms with Gasteiger partial charge in [-0.3, -0.25) is 0 Å². The molecule has 0 aliphatic heterocycles. The van der Waals surface area contributed by atoms with Crippen molar-refractivity contribution in [2.75, 3.05) is 21.3 Å². The van der Waals surface area contributed by atoms with Gasteiger partial charge in [-0.25, -0.2) is 0 Å². The largest absolute Gasteiger partial charge is 0.493 e. The molecular formula is C16H24O4. The Labute approximate surface area is 120 Å². The van der Waals surface area contributed by atoms with E-state index in [1.165, 1.54) is 19.3 Å². The van der Waals surface area contributed by atoms with E-state index in [1.807, 2.05) is 12.1 Å². The first-order chi connectivity index (χ1) is 9.72. The average Bonchev–Trinajstić information content (AvgIpc) is 2.53. The van der Waals surface area contributed by atoms with Gasteiger partial charge in [0.25, 0.3) is 0 Å². The first kappa shape index (κ1) is 15.0. The van der Waals surface area contributed by atoms with Crippen LogP contribution in [0.2, 0.25) is 0 Å². The maximum atomic E-state index is 10.7. The molecule has 4 nitrogen and oxygen atoms in total. The number of aliphatic hydroxyl groups is 1. The van der Waals surface area contributed by atoms with Crippen LogP contribution in [0, 0.1) is 5.92 Å². The van der Waals surface area contributed by atoms with Crippen molar-refractivity contribution >= 4 is 0 Å². The molecule has 0 amide bonds. The molecule has 0 bridgehead atoms. The minimum Gasteiger partial charge on any atom is -0.493 e. The molecule has 20 heavy (non-hydrogen) atoms. The molecule has 2 rings (SSSR count). The third-order valence-electron chi connectivity index (χ3n) is 4.15. The summed E-state index contributed by atoms with van der Waals surface area (Å²) in [6.07, 6.45) is 5.28. The number of hydrogen-bond donors (Lipinski definition) is 1. The van der Waals surface area contributed by atoms with Crippen molar-refractivity contribution in [3.63, 3.8) is 0 Å². The molecule has 1 saturated carbocycles. The zero-order valence-corrected chi connectivity index (χ0v) is 12.5. The van der Waals surface area contributed by atoms with Gasteiger partial charge in [0.05, 0.1) is 27.4 Å². The van der Waals surface area contributed by atoms with Gasteiger partial charge in [-0.2, -0.15) is 0 Å². The summed E-state index contributed by atoms with van der Waals surface area (Å²) >= 11 is 0. The Kier molecular flexibility index (Phi) is 5.12. The third-order valence-corrected chi connectivity index (χ3v) is 4.15. The quantitative estimate of drug-likeness (QED) is 0.898. The second kappa shape index (κ2) is 6.84. The molecule has 1 unspecified atom stereocenters. The number of ether oxygens (including phenoxy) is 3. The third kappa shape index (κ3) is 2.85. The van der Waals surface area contributed by atoms with Crippen molar-refractivity contribution < 1.29 is 19.3 Å². The van der Waals surface area contributed by atoms with E-state index in [0.29, 0.717) is 23.2 Å². The topological polar surface area (TPSA) is 47.9 Å². The average molecular weight is 280 g/mol. The molecule has 1 aliphatic carbocycles. The Hall–Kier alpha value is -1.42. The van der Waals surface area contributed by atoms with E-state index in [9.17, 15) is 5.11 Å². The summed E-state index contributed by atoms with van der Waals surface area (Å²) in [5.41, 5.74) is 0.789. The molecule has 1 aliphatic rings. The molecule has 0 aromatic heterocycles. The molecule has 4 heteroatoms. The molecule has 0 saturated heterocycles. The summed E-state index contributed by atoms with van der Waals surface area (Å²) in [7, 11) is 4.76. The van der Waals surface area contributed by atoms with E-state index in [2.05, 4.69) is 0 Å². The lowest BCUT2D eigenvalue weighted by molar-refractivity contribution is 0.0819. The van der Waals surface area contributed by atoms with Gasteiger partial charge in [0.1, 0.15) is 0 Å². The van der Waals surface area contributed by atoms with Crippen molar-refractivity contribution in [3.8, 4) is 17.2 Å². The standard InChI is InChI=1S/C16H24O4/c1-18-13-10-9-12(15(19-2)16(13)20-3)14(17)11-7-5-4-6-8-11/h9-11,14,17H,4-8H2,1-3H3. The summed E-state index contributed by atoms with van der Waals surface area (Å²) in [6.45, 7) is 0. The molecule has 1 atom stereocenters. The van der Waals surface area contributed by atoms with Crippen LogP contribution in [0.4, 0.5) is 0 Å². The second-order valence-electron chi connectivity index (χ2n) is 5.27. The Morgan fingerprint density at radius 3 is 2.15 bits per heavy atom. The van der Waals surface area contributed by atoms with Crippen LogP contribution in [0.25, 0.3) is 0 Å². The zero-order chi connectivity index (χ0) is 14.5. The summed E-state index contributed by atoms with van der Waals surface area (Å²) in [4.78, 5) is 0. The van der Waals surface area contributed by atoms with Gasteiger partial charge in [-0.05, 0) is 30.9 Å². The van der Waals surface area contributed by atoms with Crippen molar-refractivity contribution in [1.29, 1.82) is 0 Å². The molecule has 1 N–H and O–H groups in total. The highest BCUT2D eigenvalue weighted by Crippen LogP contribution is 2.45. The van der Waals surface area contributed by atoms with Crippen LogP contribution in [0.1, 0.15) is 43.8 Å². The highest BCUT2D eigenvalue weighted by molar-refractivity contribution is 5.56. The number of benzene rings is 1. The van der Waals surface area contributed by atoms with Crippen molar-refractivity contribution in [2.45, 2.75) is 38.2 Å². The van der Waals surface area contributed by atoms with Gasteiger partial charge in [-0.1, -0.05) is 19.3 Å². The number of rotatable bonds is 5. The van der Waals surface area contributed by atoms with Crippen molar-refractivity contribution in [2.24, 2.45) is 5.92 Å². The molecule has 1 aromatic rings. The SMILES string of the molecule is COc1ccc(C(O)C2CCCCC2)c(OC)c1OC. The van der Waals surface area contributed by atoms with E-state index in [0.717, 1.165) is 18.4 Å². The zero-order valence-electron chi connectivity index (χ0n) is 12.5. The van der Waals surface area contributed by atoms with Gasteiger partial charge in [0, 0.05) is 5.56 Å². The van der Waals surface area contributed by atoms with Gasteiger partial charge < -0.3 is 19.3 Å². The molecule has 0 heterocycles. The van der Waals surface area contributed by atoms with Crippen LogP contribution in [-0.4, -0.2) is 26.4 Å². The fourth-order valence-corrected chi connectivity index (χ4v) is 3.06. The first-order valence-corrected chi connectivity index (χ1v) is 7.19. The predicted octanol–water partition coefficient (Wildman–Crippen LogP) is 3.33. The van der Waals surface area contributed by atoms with Gasteiger partial charge in [0.15, 0.2) is 11.5 Å². The molecule has 1 aromatic carbocycles. The minimum absolute atomic E-state index is 0.302. The number of hydrogen-bond acceptors (Lipinski definition) is 4. The lowest BCUT2D eigenvalue weighted by Gasteiger charge is -2.28. The Morgan fingerprint density at radius 1 is 0.950 bits per heavy atom. The van der Waals surface area contributed by atoms with Crippen LogP contribution in [0.5, 0.6) is 17.2 Å². The highest BCUT2D eigenvalue weighted by Gasteiger charge is 2.28. The Bertz CT molecular complexity index is 438. The van der Waals surface area contributed by atoms with Gasteiger partial charge in [0.2, 0.25) is 5.75 Å². The maximum Gasteiger partial charge on any atom is 0.203 e. The lowest BCUT2D eigenvalue weighted by Crippen LogP contribution is -2.17. The van der Waals surface area contributed by atoms with Crippen LogP contribution < -0.4 is 14.2 Å². The summed E-state index contributed by atoms with van der Waals surface area (Å²) in [5.74, 6) is 2.03. The Morgan fingerprint density at radius 2 is 1.60 bits per heavy atom. The minimum atomic E-state index is -0.509.